The lowest BCUT2D eigenvalue weighted by molar-refractivity contribution is 0.419. The lowest BCUT2D eigenvalue weighted by Crippen LogP contribution is -2.31. The molecular formula is C20H17N5O. The highest BCUT2D eigenvalue weighted by Gasteiger charge is 2.27. The number of aromatic nitrogens is 2. The minimum absolute atomic E-state index is 0.321. The number of fused-ring (bicyclic) bond motifs is 4. The number of para-hydroxylation sites is 2. The Labute approximate surface area is 149 Å². The van der Waals surface area contributed by atoms with Gasteiger partial charge in [-0.25, -0.2) is 9.98 Å². The van der Waals surface area contributed by atoms with E-state index < -0.39 is 0 Å². The minimum atomic E-state index is -0.321. The van der Waals surface area contributed by atoms with Gasteiger partial charge in [-0.2, -0.15) is 0 Å². The highest BCUT2D eigenvalue weighted by atomic mass is 16.5. The molecular weight excluding hydrogens is 326 g/mol. The maximum atomic E-state index is 6.07. The molecule has 0 saturated heterocycles. The molecule has 0 spiro atoms. The molecule has 0 fully saturated rings. The number of nitrogens with one attached hydrogen (secondary N) is 1. The van der Waals surface area contributed by atoms with Crippen molar-refractivity contribution in [1.29, 1.82) is 0 Å². The smallest absolute Gasteiger partial charge is 0.212 e. The van der Waals surface area contributed by atoms with Gasteiger partial charge in [-0.3, -0.25) is 9.88 Å². The van der Waals surface area contributed by atoms with Crippen molar-refractivity contribution in [1.82, 2.24) is 9.55 Å². The summed E-state index contributed by atoms with van der Waals surface area (Å²) in [6, 6.07) is 20.2. The number of guanidine groups is 1. The first-order valence-corrected chi connectivity index (χ1v) is 8.39. The Morgan fingerprint density at radius 3 is 2.69 bits per heavy atom. The molecule has 2 heterocycles. The van der Waals surface area contributed by atoms with Gasteiger partial charge in [0.2, 0.25) is 5.95 Å². The van der Waals surface area contributed by atoms with Crippen LogP contribution in [0.2, 0.25) is 0 Å². The van der Waals surface area contributed by atoms with Crippen LogP contribution in [0, 0.1) is 0 Å². The fourth-order valence-electron chi connectivity index (χ4n) is 3.65. The summed E-state index contributed by atoms with van der Waals surface area (Å²) in [5, 5.41) is 5.20. The average Bonchev–Trinajstić information content (AvgIpc) is 3.04. The predicted molar refractivity (Wildman–Crippen MR) is 104 cm³/mol. The molecule has 0 radical (unpaired) electrons. The third kappa shape index (κ3) is 2.05. The van der Waals surface area contributed by atoms with Crippen LogP contribution in [0.3, 0.4) is 0 Å². The minimum Gasteiger partial charge on any atom is -0.496 e. The van der Waals surface area contributed by atoms with Gasteiger partial charge in [0, 0.05) is 10.9 Å². The van der Waals surface area contributed by atoms with E-state index in [2.05, 4.69) is 33.1 Å². The lowest BCUT2D eigenvalue weighted by atomic mass is 10.0. The second kappa shape index (κ2) is 5.49. The van der Waals surface area contributed by atoms with Crippen molar-refractivity contribution in [3.63, 3.8) is 0 Å². The van der Waals surface area contributed by atoms with Crippen LogP contribution in [0.1, 0.15) is 11.7 Å². The van der Waals surface area contributed by atoms with Crippen LogP contribution in [0.5, 0.6) is 5.75 Å². The van der Waals surface area contributed by atoms with Gasteiger partial charge in [-0.15, -0.1) is 0 Å². The first-order chi connectivity index (χ1) is 12.8. The van der Waals surface area contributed by atoms with Crippen LogP contribution in [0.25, 0.3) is 21.8 Å². The van der Waals surface area contributed by atoms with Crippen molar-refractivity contribution in [2.24, 2.45) is 10.7 Å². The molecule has 0 aliphatic carbocycles. The summed E-state index contributed by atoms with van der Waals surface area (Å²) >= 11 is 0. The van der Waals surface area contributed by atoms with E-state index in [1.165, 1.54) is 0 Å². The molecule has 5 rings (SSSR count). The summed E-state index contributed by atoms with van der Waals surface area (Å²) in [7, 11) is 1.68. The fourth-order valence-corrected chi connectivity index (χ4v) is 3.65. The monoisotopic (exact) mass is 343 g/mol. The summed E-state index contributed by atoms with van der Waals surface area (Å²) in [5.41, 5.74) is 8.99. The third-order valence-electron chi connectivity index (χ3n) is 4.74. The van der Waals surface area contributed by atoms with Gasteiger partial charge in [0.1, 0.15) is 5.75 Å². The van der Waals surface area contributed by atoms with Crippen LogP contribution < -0.4 is 15.8 Å². The van der Waals surface area contributed by atoms with Gasteiger partial charge in [0.05, 0.1) is 18.1 Å². The predicted octanol–water partition coefficient (Wildman–Crippen LogP) is 3.49. The van der Waals surface area contributed by atoms with E-state index in [4.69, 9.17) is 15.5 Å². The number of hydrogen-bond acceptors (Lipinski definition) is 5. The van der Waals surface area contributed by atoms with Crippen LogP contribution >= 0.6 is 0 Å². The summed E-state index contributed by atoms with van der Waals surface area (Å²) < 4.78 is 7.70. The van der Waals surface area contributed by atoms with E-state index in [1.54, 1.807) is 7.11 Å². The zero-order valence-corrected chi connectivity index (χ0v) is 14.2. The average molecular weight is 343 g/mol. The fraction of sp³-hybridized carbons (Fsp3) is 0.100. The molecule has 0 saturated carbocycles. The number of nitrogens with two attached hydrogens (primary N) is 1. The lowest BCUT2D eigenvalue weighted by Gasteiger charge is -2.25. The topological polar surface area (TPSA) is 77.5 Å². The van der Waals surface area contributed by atoms with Crippen molar-refractivity contribution in [2.45, 2.75) is 6.17 Å². The molecule has 1 aliphatic rings. The standard InChI is InChI=1S/C20H17N5O/c1-26-16-11-5-7-12-6-4-8-13(17(12)16)18-23-19(21)24-20-22-14-9-2-3-10-15(14)25(18)20/h2-11,18H,1H3,(H3,21,22,23,24)/t18-/m1/s1. The highest BCUT2D eigenvalue weighted by molar-refractivity contribution is 5.96. The van der Waals surface area contributed by atoms with E-state index >= 15 is 0 Å². The number of nitrogens with zero attached hydrogens (tertiary/aromatic N) is 3. The van der Waals surface area contributed by atoms with Gasteiger partial charge >= 0.3 is 0 Å². The van der Waals surface area contributed by atoms with Gasteiger partial charge in [0.25, 0.3) is 0 Å². The Balaban J connectivity index is 1.84. The van der Waals surface area contributed by atoms with Crippen molar-refractivity contribution in [3.05, 3.63) is 66.2 Å². The molecule has 4 aromatic rings. The number of benzene rings is 3. The van der Waals surface area contributed by atoms with E-state index in [1.807, 2.05) is 42.5 Å². The molecule has 26 heavy (non-hydrogen) atoms. The molecule has 128 valence electrons. The number of aliphatic imine (C=N–C) groups is 1. The summed E-state index contributed by atoms with van der Waals surface area (Å²) in [6.45, 7) is 0. The van der Waals surface area contributed by atoms with Crippen molar-refractivity contribution in [2.75, 3.05) is 12.4 Å². The summed E-state index contributed by atoms with van der Waals surface area (Å²) in [5.74, 6) is 1.86. The van der Waals surface area contributed by atoms with Gasteiger partial charge in [-0.1, -0.05) is 42.5 Å². The van der Waals surface area contributed by atoms with Crippen molar-refractivity contribution in [3.8, 4) is 5.75 Å². The van der Waals surface area contributed by atoms with E-state index in [0.717, 1.165) is 33.1 Å². The number of anilines is 1. The molecule has 6 nitrogen and oxygen atoms in total. The Hall–Kier alpha value is -3.54. The normalized spacial score (nSPS) is 16.2. The number of imidazole rings is 1. The van der Waals surface area contributed by atoms with Crippen LogP contribution in [-0.2, 0) is 0 Å². The number of methoxy groups -OCH3 is 1. The van der Waals surface area contributed by atoms with E-state index in [0.29, 0.717) is 11.9 Å². The zero-order valence-electron chi connectivity index (χ0n) is 14.2. The van der Waals surface area contributed by atoms with Crippen molar-refractivity contribution >= 4 is 33.7 Å². The Bertz CT molecular complexity index is 1170. The molecule has 0 unspecified atom stereocenters. The molecule has 6 heteroatoms. The molecule has 1 aliphatic heterocycles. The molecule has 3 N–H and O–H groups in total. The first-order valence-electron chi connectivity index (χ1n) is 8.39. The SMILES string of the molecule is COc1cccc2cccc([C@@H]3N=C(N)Nc4nc5ccccc5n43)c12. The molecule has 1 aromatic heterocycles. The quantitative estimate of drug-likeness (QED) is 0.584. The molecule has 0 bridgehead atoms. The zero-order chi connectivity index (χ0) is 17.7. The van der Waals surface area contributed by atoms with Crippen molar-refractivity contribution < 1.29 is 4.74 Å². The largest absolute Gasteiger partial charge is 0.496 e. The van der Waals surface area contributed by atoms with Gasteiger partial charge < -0.3 is 10.5 Å². The summed E-state index contributed by atoms with van der Waals surface area (Å²) in [6.07, 6.45) is -0.321. The summed E-state index contributed by atoms with van der Waals surface area (Å²) in [4.78, 5) is 9.35. The van der Waals surface area contributed by atoms with E-state index in [9.17, 15) is 0 Å². The second-order valence-electron chi connectivity index (χ2n) is 6.21. The third-order valence-corrected chi connectivity index (χ3v) is 4.74. The van der Waals surface area contributed by atoms with E-state index in [-0.39, 0.29) is 6.17 Å². The number of hydrogen-bond donors (Lipinski definition) is 2. The Morgan fingerprint density at radius 2 is 1.85 bits per heavy atom. The number of ether oxygens (including phenoxy) is 1. The van der Waals surface area contributed by atoms with Crippen LogP contribution in [0.4, 0.5) is 5.95 Å². The first kappa shape index (κ1) is 14.8. The second-order valence-corrected chi connectivity index (χ2v) is 6.21. The molecule has 0 amide bonds. The van der Waals surface area contributed by atoms with Gasteiger partial charge in [-0.05, 0) is 23.6 Å². The Morgan fingerprint density at radius 1 is 1.04 bits per heavy atom. The number of rotatable bonds is 2. The Kier molecular flexibility index (Phi) is 3.12. The van der Waals surface area contributed by atoms with Crippen LogP contribution in [0.15, 0.2) is 65.7 Å². The maximum absolute atomic E-state index is 6.07. The molecule has 1 atom stereocenters. The molecule has 3 aromatic carbocycles. The van der Waals surface area contributed by atoms with Gasteiger partial charge in [0.15, 0.2) is 12.1 Å². The maximum Gasteiger partial charge on any atom is 0.212 e. The highest BCUT2D eigenvalue weighted by Crippen LogP contribution is 2.38. The van der Waals surface area contributed by atoms with Crippen LogP contribution in [-0.4, -0.2) is 22.6 Å².